The summed E-state index contributed by atoms with van der Waals surface area (Å²) in [6.45, 7) is 12.4. The Morgan fingerprint density at radius 2 is 2.00 bits per heavy atom. The number of aliphatic imine (C=N–C) groups is 1. The molecule has 0 aromatic heterocycles. The van der Waals surface area contributed by atoms with Gasteiger partial charge in [0.05, 0.1) is 0 Å². The maximum Gasteiger partial charge on any atom is 0.0397 e. The van der Waals surface area contributed by atoms with Gasteiger partial charge in [-0.05, 0) is 65.0 Å². The lowest BCUT2D eigenvalue weighted by atomic mass is 10.0. The molecule has 0 spiro atoms. The van der Waals surface area contributed by atoms with Crippen LogP contribution in [0.1, 0.15) is 52.9 Å². The first kappa shape index (κ1) is 18.6. The molecule has 0 amide bonds. The molecule has 19 heavy (non-hydrogen) atoms. The van der Waals surface area contributed by atoms with Crippen LogP contribution >= 0.6 is 0 Å². The second kappa shape index (κ2) is 14.0. The lowest BCUT2D eigenvalue weighted by Crippen LogP contribution is -2.29. The first-order valence-corrected chi connectivity index (χ1v) is 8.05. The van der Waals surface area contributed by atoms with Crippen LogP contribution in [0.25, 0.3) is 0 Å². The SMILES string of the molecule is CC=NCCCN(CC)CC(C)CCCCCNC. The maximum absolute atomic E-state index is 4.28. The van der Waals surface area contributed by atoms with Crippen molar-refractivity contribution in [1.29, 1.82) is 0 Å². The zero-order chi connectivity index (χ0) is 14.3. The van der Waals surface area contributed by atoms with Crippen LogP contribution < -0.4 is 5.32 Å². The van der Waals surface area contributed by atoms with E-state index in [0.717, 1.165) is 19.0 Å². The molecule has 0 bridgehead atoms. The molecule has 0 heterocycles. The lowest BCUT2D eigenvalue weighted by Gasteiger charge is -2.24. The highest BCUT2D eigenvalue weighted by molar-refractivity contribution is 5.53. The monoisotopic (exact) mass is 269 g/mol. The Hall–Kier alpha value is -0.410. The van der Waals surface area contributed by atoms with Gasteiger partial charge >= 0.3 is 0 Å². The predicted molar refractivity (Wildman–Crippen MR) is 87.3 cm³/mol. The molecule has 3 nitrogen and oxygen atoms in total. The van der Waals surface area contributed by atoms with E-state index in [1.807, 2.05) is 20.2 Å². The molecule has 0 aliphatic carbocycles. The fourth-order valence-electron chi connectivity index (χ4n) is 2.40. The first-order valence-electron chi connectivity index (χ1n) is 8.05. The third-order valence-electron chi connectivity index (χ3n) is 3.58. The fourth-order valence-corrected chi connectivity index (χ4v) is 2.40. The number of hydrogen-bond donors (Lipinski definition) is 1. The molecule has 0 radical (unpaired) electrons. The zero-order valence-corrected chi connectivity index (χ0v) is 13.6. The first-order chi connectivity index (χ1) is 9.24. The van der Waals surface area contributed by atoms with E-state index in [9.17, 15) is 0 Å². The lowest BCUT2D eigenvalue weighted by molar-refractivity contribution is 0.239. The summed E-state index contributed by atoms with van der Waals surface area (Å²) in [5.41, 5.74) is 0. The molecular formula is C16H35N3. The Balaban J connectivity index is 3.59. The summed E-state index contributed by atoms with van der Waals surface area (Å²) in [5.74, 6) is 0.823. The van der Waals surface area contributed by atoms with Crippen molar-refractivity contribution in [3.63, 3.8) is 0 Å². The van der Waals surface area contributed by atoms with Crippen molar-refractivity contribution in [2.24, 2.45) is 10.9 Å². The van der Waals surface area contributed by atoms with E-state index < -0.39 is 0 Å². The molecule has 0 aliphatic rings. The summed E-state index contributed by atoms with van der Waals surface area (Å²) >= 11 is 0. The molecule has 0 aromatic carbocycles. The fraction of sp³-hybridized carbons (Fsp3) is 0.938. The second-order valence-electron chi connectivity index (χ2n) is 5.47. The minimum Gasteiger partial charge on any atom is -0.320 e. The normalized spacial score (nSPS) is 13.5. The Morgan fingerprint density at radius 3 is 2.63 bits per heavy atom. The van der Waals surface area contributed by atoms with Crippen molar-refractivity contribution in [3.05, 3.63) is 0 Å². The van der Waals surface area contributed by atoms with E-state index in [1.54, 1.807) is 0 Å². The van der Waals surface area contributed by atoms with Crippen molar-refractivity contribution in [1.82, 2.24) is 10.2 Å². The largest absolute Gasteiger partial charge is 0.320 e. The number of nitrogens with one attached hydrogen (secondary N) is 1. The summed E-state index contributed by atoms with van der Waals surface area (Å²) in [5, 5.41) is 3.21. The molecular weight excluding hydrogens is 234 g/mol. The van der Waals surface area contributed by atoms with Crippen molar-refractivity contribution in [2.45, 2.75) is 52.9 Å². The van der Waals surface area contributed by atoms with Crippen LogP contribution in [0.3, 0.4) is 0 Å². The van der Waals surface area contributed by atoms with Gasteiger partial charge in [-0.15, -0.1) is 0 Å². The Kier molecular flexibility index (Phi) is 13.7. The molecule has 0 rings (SSSR count). The van der Waals surface area contributed by atoms with Gasteiger partial charge in [-0.2, -0.15) is 0 Å². The van der Waals surface area contributed by atoms with Crippen LogP contribution in [0.5, 0.6) is 0 Å². The summed E-state index contributed by atoms with van der Waals surface area (Å²) in [6, 6.07) is 0. The summed E-state index contributed by atoms with van der Waals surface area (Å²) in [4.78, 5) is 6.85. The molecule has 3 heteroatoms. The highest BCUT2D eigenvalue weighted by Gasteiger charge is 2.08. The van der Waals surface area contributed by atoms with Crippen molar-refractivity contribution < 1.29 is 0 Å². The molecule has 1 atom stereocenters. The number of rotatable bonds is 13. The Bertz CT molecular complexity index is 204. The van der Waals surface area contributed by atoms with Crippen molar-refractivity contribution in [3.8, 4) is 0 Å². The van der Waals surface area contributed by atoms with Gasteiger partial charge in [0.15, 0.2) is 0 Å². The topological polar surface area (TPSA) is 27.6 Å². The van der Waals surface area contributed by atoms with E-state index in [2.05, 4.69) is 29.1 Å². The average molecular weight is 269 g/mol. The predicted octanol–water partition coefficient (Wildman–Crippen LogP) is 3.21. The van der Waals surface area contributed by atoms with Crippen LogP contribution in [0.4, 0.5) is 0 Å². The minimum atomic E-state index is 0.823. The Labute approximate surface area is 120 Å². The number of unbranched alkanes of at least 4 members (excludes halogenated alkanes) is 2. The standard InChI is InChI=1S/C16H35N3/c1-5-18-13-10-14-19(6-2)15-16(3)11-8-7-9-12-17-4/h5,16-17H,6-15H2,1-4H3. The third-order valence-corrected chi connectivity index (χ3v) is 3.58. The number of nitrogens with zero attached hydrogens (tertiary/aromatic N) is 2. The van der Waals surface area contributed by atoms with Gasteiger partial charge in [-0.1, -0.05) is 26.7 Å². The Morgan fingerprint density at radius 1 is 1.21 bits per heavy atom. The molecule has 0 aromatic rings. The number of hydrogen-bond acceptors (Lipinski definition) is 3. The highest BCUT2D eigenvalue weighted by Crippen LogP contribution is 2.11. The van der Waals surface area contributed by atoms with Crippen LogP contribution in [-0.4, -0.2) is 50.9 Å². The molecule has 1 N–H and O–H groups in total. The van der Waals surface area contributed by atoms with Crippen molar-refractivity contribution >= 4 is 6.21 Å². The van der Waals surface area contributed by atoms with Gasteiger partial charge in [0.2, 0.25) is 0 Å². The van der Waals surface area contributed by atoms with E-state index in [1.165, 1.54) is 51.7 Å². The van der Waals surface area contributed by atoms with Gasteiger partial charge in [0.1, 0.15) is 0 Å². The van der Waals surface area contributed by atoms with Gasteiger partial charge in [0.25, 0.3) is 0 Å². The average Bonchev–Trinajstić information content (AvgIpc) is 2.42. The van der Waals surface area contributed by atoms with Gasteiger partial charge in [0, 0.05) is 13.1 Å². The summed E-state index contributed by atoms with van der Waals surface area (Å²) in [6.07, 6.45) is 8.52. The molecule has 0 fully saturated rings. The zero-order valence-electron chi connectivity index (χ0n) is 13.6. The second-order valence-corrected chi connectivity index (χ2v) is 5.47. The van der Waals surface area contributed by atoms with E-state index in [-0.39, 0.29) is 0 Å². The summed E-state index contributed by atoms with van der Waals surface area (Å²) < 4.78 is 0. The van der Waals surface area contributed by atoms with E-state index in [0.29, 0.717) is 0 Å². The van der Waals surface area contributed by atoms with E-state index >= 15 is 0 Å². The highest BCUT2D eigenvalue weighted by atomic mass is 15.1. The van der Waals surface area contributed by atoms with Crippen molar-refractivity contribution in [2.75, 3.05) is 39.8 Å². The molecule has 1 unspecified atom stereocenters. The molecule has 0 saturated heterocycles. The van der Waals surface area contributed by atoms with Crippen LogP contribution in [0.2, 0.25) is 0 Å². The van der Waals surface area contributed by atoms with Gasteiger partial charge < -0.3 is 10.2 Å². The smallest absolute Gasteiger partial charge is 0.0397 e. The molecule has 114 valence electrons. The third kappa shape index (κ3) is 12.4. The van der Waals surface area contributed by atoms with Crippen LogP contribution in [0.15, 0.2) is 4.99 Å². The van der Waals surface area contributed by atoms with Gasteiger partial charge in [-0.25, -0.2) is 0 Å². The van der Waals surface area contributed by atoms with E-state index in [4.69, 9.17) is 0 Å². The molecule has 0 saturated carbocycles. The quantitative estimate of drug-likeness (QED) is 0.411. The maximum atomic E-state index is 4.28. The van der Waals surface area contributed by atoms with Gasteiger partial charge in [-0.3, -0.25) is 4.99 Å². The van der Waals surface area contributed by atoms with Crippen LogP contribution in [-0.2, 0) is 0 Å². The minimum absolute atomic E-state index is 0.823. The molecule has 0 aliphatic heterocycles. The summed E-state index contributed by atoms with van der Waals surface area (Å²) in [7, 11) is 2.03. The van der Waals surface area contributed by atoms with Crippen LogP contribution in [0, 0.1) is 5.92 Å².